The molecule has 0 spiro atoms. The highest BCUT2D eigenvalue weighted by atomic mass is 79.9. The van der Waals surface area contributed by atoms with E-state index in [1.807, 2.05) is 18.2 Å². The topological polar surface area (TPSA) is 41.8 Å². The summed E-state index contributed by atoms with van der Waals surface area (Å²) >= 11 is 3.32. The number of benzene rings is 2. The second kappa shape index (κ2) is 5.85. The molecule has 1 N–H and O–H groups in total. The minimum atomic E-state index is -0.289. The molecule has 5 heteroatoms. The number of ether oxygens (including phenoxy) is 1. The van der Waals surface area contributed by atoms with E-state index >= 15 is 0 Å². The Morgan fingerprint density at radius 1 is 1.24 bits per heavy atom. The molecule has 0 saturated heterocycles. The lowest BCUT2D eigenvalue weighted by molar-refractivity contribution is 0.297. The zero-order valence-electron chi connectivity index (χ0n) is 11.1. The van der Waals surface area contributed by atoms with E-state index in [0.29, 0.717) is 23.4 Å². The van der Waals surface area contributed by atoms with Gasteiger partial charge in [-0.2, -0.15) is 0 Å². The summed E-state index contributed by atoms with van der Waals surface area (Å²) in [6, 6.07) is 10.4. The SMILES string of the molecule is ON=C1CCc2c(OCc3cc(Br)ccc3F)cccc21. The molecule has 108 valence electrons. The molecular weight excluding hydrogens is 337 g/mol. The van der Waals surface area contributed by atoms with Gasteiger partial charge in [-0.25, -0.2) is 4.39 Å². The first-order chi connectivity index (χ1) is 10.2. The van der Waals surface area contributed by atoms with Crippen molar-refractivity contribution in [3.8, 4) is 5.75 Å². The van der Waals surface area contributed by atoms with Gasteiger partial charge in [0, 0.05) is 21.2 Å². The molecule has 1 aliphatic rings. The van der Waals surface area contributed by atoms with Crippen LogP contribution in [-0.2, 0) is 13.0 Å². The summed E-state index contributed by atoms with van der Waals surface area (Å²) in [6.45, 7) is 0.160. The van der Waals surface area contributed by atoms with Crippen molar-refractivity contribution < 1.29 is 14.3 Å². The Morgan fingerprint density at radius 3 is 2.90 bits per heavy atom. The van der Waals surface area contributed by atoms with Gasteiger partial charge in [-0.05, 0) is 37.1 Å². The molecule has 0 saturated carbocycles. The summed E-state index contributed by atoms with van der Waals surface area (Å²) in [5.74, 6) is 0.425. The lowest BCUT2D eigenvalue weighted by Crippen LogP contribution is -2.01. The number of halogens is 2. The minimum absolute atomic E-state index is 0.160. The maximum absolute atomic E-state index is 13.7. The van der Waals surface area contributed by atoms with Crippen molar-refractivity contribution in [3.05, 3.63) is 63.4 Å². The summed E-state index contributed by atoms with van der Waals surface area (Å²) in [6.07, 6.45) is 1.46. The van der Waals surface area contributed by atoms with E-state index in [0.717, 1.165) is 22.0 Å². The Morgan fingerprint density at radius 2 is 2.10 bits per heavy atom. The standard InChI is InChI=1S/C16H13BrFNO2/c17-11-4-6-14(18)10(8-11)9-21-16-3-1-2-12-13(16)5-7-15(12)19-20/h1-4,6,8,20H,5,7,9H2. The van der Waals surface area contributed by atoms with Crippen molar-refractivity contribution in [3.63, 3.8) is 0 Å². The minimum Gasteiger partial charge on any atom is -0.488 e. The fourth-order valence-corrected chi connectivity index (χ4v) is 2.93. The number of fused-ring (bicyclic) bond motifs is 1. The molecule has 0 fully saturated rings. The van der Waals surface area contributed by atoms with Crippen LogP contribution in [0.3, 0.4) is 0 Å². The molecule has 3 rings (SSSR count). The number of hydrogen-bond donors (Lipinski definition) is 1. The van der Waals surface area contributed by atoms with Crippen molar-refractivity contribution in [2.45, 2.75) is 19.4 Å². The lowest BCUT2D eigenvalue weighted by Gasteiger charge is -2.11. The van der Waals surface area contributed by atoms with Gasteiger partial charge in [0.1, 0.15) is 18.2 Å². The highest BCUT2D eigenvalue weighted by molar-refractivity contribution is 9.10. The van der Waals surface area contributed by atoms with Gasteiger partial charge in [0.15, 0.2) is 0 Å². The van der Waals surface area contributed by atoms with Crippen LogP contribution in [0.4, 0.5) is 4.39 Å². The average Bonchev–Trinajstić information content (AvgIpc) is 2.92. The van der Waals surface area contributed by atoms with E-state index in [4.69, 9.17) is 9.94 Å². The Kier molecular flexibility index (Phi) is 3.92. The van der Waals surface area contributed by atoms with Crippen molar-refractivity contribution in [1.29, 1.82) is 0 Å². The van der Waals surface area contributed by atoms with Crippen molar-refractivity contribution in [1.82, 2.24) is 0 Å². The first kappa shape index (κ1) is 14.1. The molecule has 2 aromatic carbocycles. The van der Waals surface area contributed by atoms with Crippen molar-refractivity contribution in [2.24, 2.45) is 5.16 Å². The highest BCUT2D eigenvalue weighted by Crippen LogP contribution is 2.31. The molecule has 0 aliphatic heterocycles. The molecule has 0 bridgehead atoms. The third-order valence-electron chi connectivity index (χ3n) is 3.57. The van der Waals surface area contributed by atoms with E-state index in [2.05, 4.69) is 21.1 Å². The third-order valence-corrected chi connectivity index (χ3v) is 4.06. The van der Waals surface area contributed by atoms with Gasteiger partial charge in [0.25, 0.3) is 0 Å². The molecule has 0 radical (unpaired) electrons. The van der Waals surface area contributed by atoms with E-state index in [1.165, 1.54) is 6.07 Å². The molecule has 0 heterocycles. The molecule has 3 nitrogen and oxygen atoms in total. The van der Waals surface area contributed by atoms with Crippen LogP contribution in [0.25, 0.3) is 0 Å². The van der Waals surface area contributed by atoms with Crippen molar-refractivity contribution in [2.75, 3.05) is 0 Å². The van der Waals surface area contributed by atoms with Gasteiger partial charge >= 0.3 is 0 Å². The maximum Gasteiger partial charge on any atom is 0.129 e. The summed E-state index contributed by atoms with van der Waals surface area (Å²) in [5.41, 5.74) is 3.09. The number of hydrogen-bond acceptors (Lipinski definition) is 3. The summed E-state index contributed by atoms with van der Waals surface area (Å²) in [7, 11) is 0. The number of oxime groups is 1. The van der Waals surface area contributed by atoms with E-state index in [9.17, 15) is 4.39 Å². The Hall–Kier alpha value is -1.88. The number of nitrogens with zero attached hydrogens (tertiary/aromatic N) is 1. The molecule has 0 unspecified atom stereocenters. The van der Waals surface area contributed by atoms with Gasteiger partial charge in [-0.3, -0.25) is 0 Å². The van der Waals surface area contributed by atoms with E-state index < -0.39 is 0 Å². The van der Waals surface area contributed by atoms with E-state index in [-0.39, 0.29) is 12.4 Å². The highest BCUT2D eigenvalue weighted by Gasteiger charge is 2.21. The summed E-state index contributed by atoms with van der Waals surface area (Å²) < 4.78 is 20.3. The van der Waals surface area contributed by atoms with Crippen LogP contribution in [0.1, 0.15) is 23.1 Å². The second-order valence-electron chi connectivity index (χ2n) is 4.85. The molecule has 2 aromatic rings. The van der Waals surface area contributed by atoms with Crippen molar-refractivity contribution >= 4 is 21.6 Å². The summed E-state index contributed by atoms with van der Waals surface area (Å²) in [4.78, 5) is 0. The fraction of sp³-hybridized carbons (Fsp3) is 0.188. The molecular formula is C16H13BrFNO2. The van der Waals surface area contributed by atoms with Gasteiger partial charge in [0.2, 0.25) is 0 Å². The smallest absolute Gasteiger partial charge is 0.129 e. The second-order valence-corrected chi connectivity index (χ2v) is 5.77. The first-order valence-electron chi connectivity index (χ1n) is 6.59. The summed E-state index contributed by atoms with van der Waals surface area (Å²) in [5, 5.41) is 12.3. The van der Waals surface area contributed by atoms with Crippen LogP contribution >= 0.6 is 15.9 Å². The van der Waals surface area contributed by atoms with Crippen LogP contribution in [-0.4, -0.2) is 10.9 Å². The molecule has 1 aliphatic carbocycles. The third kappa shape index (κ3) is 2.78. The number of rotatable bonds is 3. The fourth-order valence-electron chi connectivity index (χ4n) is 2.52. The van der Waals surface area contributed by atoms with Crippen LogP contribution in [0.5, 0.6) is 5.75 Å². The van der Waals surface area contributed by atoms with Crippen LogP contribution in [0.2, 0.25) is 0 Å². The zero-order chi connectivity index (χ0) is 14.8. The average molecular weight is 350 g/mol. The van der Waals surface area contributed by atoms with Crippen LogP contribution in [0, 0.1) is 5.82 Å². The van der Waals surface area contributed by atoms with E-state index in [1.54, 1.807) is 12.1 Å². The van der Waals surface area contributed by atoms with Gasteiger partial charge in [-0.1, -0.05) is 33.2 Å². The molecule has 0 amide bonds. The first-order valence-corrected chi connectivity index (χ1v) is 7.38. The van der Waals surface area contributed by atoms with Crippen LogP contribution in [0.15, 0.2) is 46.0 Å². The Bertz CT molecular complexity index is 715. The molecule has 0 aromatic heterocycles. The lowest BCUT2D eigenvalue weighted by atomic mass is 10.1. The quantitative estimate of drug-likeness (QED) is 0.663. The monoisotopic (exact) mass is 349 g/mol. The predicted molar refractivity (Wildman–Crippen MR) is 81.5 cm³/mol. The zero-order valence-corrected chi connectivity index (χ0v) is 12.7. The van der Waals surface area contributed by atoms with Gasteiger partial charge in [0.05, 0.1) is 5.71 Å². The molecule has 21 heavy (non-hydrogen) atoms. The predicted octanol–water partition coefficient (Wildman–Crippen LogP) is 4.29. The van der Waals surface area contributed by atoms with Crippen LogP contribution < -0.4 is 4.74 Å². The Balaban J connectivity index is 1.84. The maximum atomic E-state index is 13.7. The normalized spacial score (nSPS) is 15.2. The molecule has 0 atom stereocenters. The largest absolute Gasteiger partial charge is 0.488 e. The van der Waals surface area contributed by atoms with Gasteiger partial charge in [-0.15, -0.1) is 0 Å². The Labute approximate surface area is 130 Å². The van der Waals surface area contributed by atoms with Gasteiger partial charge < -0.3 is 9.94 Å².